The number of thioether (sulfide) groups is 1. The van der Waals surface area contributed by atoms with E-state index in [2.05, 4.69) is 6.92 Å². The van der Waals surface area contributed by atoms with E-state index >= 15 is 0 Å². The van der Waals surface area contributed by atoms with Gasteiger partial charge in [-0.25, -0.2) is 0 Å². The molecule has 82 valence electrons. The number of hydrogen-bond donors (Lipinski definition) is 0. The van der Waals surface area contributed by atoms with Gasteiger partial charge in [0.05, 0.1) is 0 Å². The average molecular weight is 214 g/mol. The Labute approximate surface area is 92.0 Å². The molecule has 0 bridgehead atoms. The van der Waals surface area contributed by atoms with E-state index in [1.807, 2.05) is 11.8 Å². The third-order valence-electron chi connectivity index (χ3n) is 2.98. The van der Waals surface area contributed by atoms with Crippen molar-refractivity contribution in [2.75, 3.05) is 11.5 Å². The maximum Gasteiger partial charge on any atom is 0.135 e. The Bertz CT molecular complexity index is 162. The summed E-state index contributed by atoms with van der Waals surface area (Å²) in [5.41, 5.74) is 0. The molecule has 1 rings (SSSR count). The summed E-state index contributed by atoms with van der Waals surface area (Å²) in [6.07, 6.45) is 8.07. The first-order valence-electron chi connectivity index (χ1n) is 5.95. The molecule has 0 aliphatic heterocycles. The Kier molecular flexibility index (Phi) is 6.33. The maximum atomic E-state index is 11.7. The number of ketones is 1. The van der Waals surface area contributed by atoms with Gasteiger partial charge in [0.2, 0.25) is 0 Å². The van der Waals surface area contributed by atoms with Gasteiger partial charge < -0.3 is 0 Å². The molecular weight excluding hydrogens is 192 g/mol. The summed E-state index contributed by atoms with van der Waals surface area (Å²) in [5, 5.41) is 0. The van der Waals surface area contributed by atoms with Crippen molar-refractivity contribution in [3.8, 4) is 0 Å². The normalized spacial score (nSPS) is 17.5. The summed E-state index contributed by atoms with van der Waals surface area (Å²) >= 11 is 1.98. The fourth-order valence-electron chi connectivity index (χ4n) is 2.10. The number of Topliss-reactive ketones (excluding diaryl/α,β-unsaturated/α-hetero) is 1. The van der Waals surface area contributed by atoms with Crippen molar-refractivity contribution in [1.82, 2.24) is 0 Å². The van der Waals surface area contributed by atoms with Crippen LogP contribution in [0, 0.1) is 5.92 Å². The third kappa shape index (κ3) is 4.50. The fourth-order valence-corrected chi connectivity index (χ4v) is 2.80. The zero-order chi connectivity index (χ0) is 10.2. The number of unbranched alkanes of at least 4 members (excludes halogenated alkanes) is 1. The van der Waals surface area contributed by atoms with E-state index in [1.54, 1.807) is 0 Å². The van der Waals surface area contributed by atoms with Gasteiger partial charge in [-0.3, -0.25) is 4.79 Å². The maximum absolute atomic E-state index is 11.7. The highest BCUT2D eigenvalue weighted by molar-refractivity contribution is 7.99. The Morgan fingerprint density at radius 3 is 2.64 bits per heavy atom. The Morgan fingerprint density at radius 1 is 1.29 bits per heavy atom. The van der Waals surface area contributed by atoms with Gasteiger partial charge in [0.25, 0.3) is 0 Å². The van der Waals surface area contributed by atoms with E-state index in [-0.39, 0.29) is 0 Å². The molecule has 0 spiro atoms. The Balaban J connectivity index is 1.97. The molecule has 0 aromatic heterocycles. The molecule has 2 heteroatoms. The van der Waals surface area contributed by atoms with Crippen LogP contribution in [0.25, 0.3) is 0 Å². The lowest BCUT2D eigenvalue weighted by atomic mass is 9.98. The SMILES string of the molecule is CCSCCCCC(=O)C1CCCC1. The monoisotopic (exact) mass is 214 g/mol. The van der Waals surface area contributed by atoms with Crippen molar-refractivity contribution < 1.29 is 4.79 Å². The van der Waals surface area contributed by atoms with Crippen LogP contribution in [0.2, 0.25) is 0 Å². The lowest BCUT2D eigenvalue weighted by Crippen LogP contribution is -2.10. The molecule has 1 aliphatic carbocycles. The van der Waals surface area contributed by atoms with Crippen molar-refractivity contribution in [3.63, 3.8) is 0 Å². The average Bonchev–Trinajstić information content (AvgIpc) is 2.70. The van der Waals surface area contributed by atoms with Gasteiger partial charge in [-0.15, -0.1) is 0 Å². The van der Waals surface area contributed by atoms with E-state index in [9.17, 15) is 4.79 Å². The van der Waals surface area contributed by atoms with Crippen LogP contribution in [0.5, 0.6) is 0 Å². The van der Waals surface area contributed by atoms with Crippen molar-refractivity contribution in [2.24, 2.45) is 5.92 Å². The van der Waals surface area contributed by atoms with Crippen LogP contribution in [0.4, 0.5) is 0 Å². The highest BCUT2D eigenvalue weighted by Crippen LogP contribution is 2.26. The smallest absolute Gasteiger partial charge is 0.135 e. The van der Waals surface area contributed by atoms with E-state index in [0.717, 1.165) is 12.8 Å². The van der Waals surface area contributed by atoms with Gasteiger partial charge in [-0.05, 0) is 37.2 Å². The minimum atomic E-state index is 0.439. The second kappa shape index (κ2) is 7.33. The highest BCUT2D eigenvalue weighted by atomic mass is 32.2. The number of hydrogen-bond acceptors (Lipinski definition) is 2. The number of carbonyl (C=O) groups excluding carboxylic acids is 1. The molecule has 0 radical (unpaired) electrons. The summed E-state index contributed by atoms with van der Waals surface area (Å²) in [6.45, 7) is 2.19. The van der Waals surface area contributed by atoms with Crippen LogP contribution in [0.15, 0.2) is 0 Å². The minimum absolute atomic E-state index is 0.439. The molecular formula is C12H22OS. The molecule has 0 saturated heterocycles. The molecule has 0 aromatic carbocycles. The molecule has 0 heterocycles. The van der Waals surface area contributed by atoms with E-state index < -0.39 is 0 Å². The highest BCUT2D eigenvalue weighted by Gasteiger charge is 2.21. The summed E-state index contributed by atoms with van der Waals surface area (Å²) < 4.78 is 0. The molecule has 0 amide bonds. The van der Waals surface area contributed by atoms with Crippen LogP contribution in [0.1, 0.15) is 51.9 Å². The first-order valence-corrected chi connectivity index (χ1v) is 7.10. The van der Waals surface area contributed by atoms with E-state index in [4.69, 9.17) is 0 Å². The third-order valence-corrected chi connectivity index (χ3v) is 3.96. The molecule has 0 aromatic rings. The number of carbonyl (C=O) groups is 1. The second-order valence-electron chi connectivity index (χ2n) is 4.10. The Hall–Kier alpha value is 0.0200. The van der Waals surface area contributed by atoms with Gasteiger partial charge in [-0.2, -0.15) is 11.8 Å². The fraction of sp³-hybridized carbons (Fsp3) is 0.917. The predicted octanol–water partition coefficient (Wildman–Crippen LogP) is 3.67. The van der Waals surface area contributed by atoms with Crippen LogP contribution in [-0.2, 0) is 4.79 Å². The second-order valence-corrected chi connectivity index (χ2v) is 5.50. The van der Waals surface area contributed by atoms with Crippen LogP contribution in [0.3, 0.4) is 0 Å². The summed E-state index contributed by atoms with van der Waals surface area (Å²) in [7, 11) is 0. The minimum Gasteiger partial charge on any atom is -0.299 e. The predicted molar refractivity (Wildman–Crippen MR) is 63.8 cm³/mol. The molecule has 1 saturated carbocycles. The Morgan fingerprint density at radius 2 is 2.00 bits per heavy atom. The molecule has 14 heavy (non-hydrogen) atoms. The summed E-state index contributed by atoms with van der Waals surface area (Å²) in [4.78, 5) is 11.7. The summed E-state index contributed by atoms with van der Waals surface area (Å²) in [5.74, 6) is 3.42. The largest absolute Gasteiger partial charge is 0.299 e. The van der Waals surface area contributed by atoms with Crippen LogP contribution < -0.4 is 0 Å². The zero-order valence-corrected chi connectivity index (χ0v) is 10.1. The quantitative estimate of drug-likeness (QED) is 0.601. The molecule has 1 aliphatic rings. The first kappa shape index (κ1) is 12.1. The van der Waals surface area contributed by atoms with Gasteiger partial charge in [-0.1, -0.05) is 19.8 Å². The van der Waals surface area contributed by atoms with Gasteiger partial charge in [0.1, 0.15) is 5.78 Å². The van der Waals surface area contributed by atoms with E-state index in [0.29, 0.717) is 11.7 Å². The van der Waals surface area contributed by atoms with Crippen molar-refractivity contribution in [2.45, 2.75) is 51.9 Å². The zero-order valence-electron chi connectivity index (χ0n) is 9.26. The lowest BCUT2D eigenvalue weighted by Gasteiger charge is -2.06. The molecule has 1 fully saturated rings. The topological polar surface area (TPSA) is 17.1 Å². The summed E-state index contributed by atoms with van der Waals surface area (Å²) in [6, 6.07) is 0. The molecule has 0 N–H and O–H groups in total. The van der Waals surface area contributed by atoms with Crippen LogP contribution >= 0.6 is 11.8 Å². The van der Waals surface area contributed by atoms with Crippen molar-refractivity contribution in [1.29, 1.82) is 0 Å². The van der Waals surface area contributed by atoms with Gasteiger partial charge in [0.15, 0.2) is 0 Å². The molecule has 0 atom stereocenters. The van der Waals surface area contributed by atoms with Crippen molar-refractivity contribution >= 4 is 17.5 Å². The molecule has 0 unspecified atom stereocenters. The van der Waals surface area contributed by atoms with Crippen LogP contribution in [-0.4, -0.2) is 17.3 Å². The van der Waals surface area contributed by atoms with Gasteiger partial charge in [0, 0.05) is 12.3 Å². The first-order chi connectivity index (χ1) is 6.84. The molecule has 1 nitrogen and oxygen atoms in total. The lowest BCUT2D eigenvalue weighted by molar-refractivity contribution is -0.122. The van der Waals surface area contributed by atoms with Gasteiger partial charge >= 0.3 is 0 Å². The number of rotatable bonds is 7. The van der Waals surface area contributed by atoms with E-state index in [1.165, 1.54) is 43.6 Å². The standard InChI is InChI=1S/C12H22OS/c1-2-14-10-6-5-9-12(13)11-7-3-4-8-11/h11H,2-10H2,1H3. The van der Waals surface area contributed by atoms with Crippen molar-refractivity contribution in [3.05, 3.63) is 0 Å².